The molecule has 3 rings (SSSR count). The number of fused-ring (bicyclic) bond motifs is 1. The lowest BCUT2D eigenvalue weighted by atomic mass is 9.87. The first kappa shape index (κ1) is 11.7. The van der Waals surface area contributed by atoms with Crippen molar-refractivity contribution >= 4 is 5.91 Å². The second kappa shape index (κ2) is 4.73. The first-order valence-electron chi connectivity index (χ1n) is 6.84. The topological polar surface area (TPSA) is 32.3 Å². The van der Waals surface area contributed by atoms with E-state index < -0.39 is 0 Å². The zero-order valence-corrected chi connectivity index (χ0v) is 10.9. The minimum atomic E-state index is 0.0196. The van der Waals surface area contributed by atoms with Crippen LogP contribution in [0.1, 0.15) is 36.4 Å². The lowest BCUT2D eigenvalue weighted by Crippen LogP contribution is -2.40. The number of nitrogens with one attached hydrogen (secondary N) is 1. The molecule has 2 atom stereocenters. The van der Waals surface area contributed by atoms with Crippen LogP contribution in [0, 0.1) is 0 Å². The van der Waals surface area contributed by atoms with Gasteiger partial charge >= 0.3 is 0 Å². The fourth-order valence-electron chi connectivity index (χ4n) is 3.15. The fraction of sp³-hybridized carbons (Fsp3) is 0.533. The standard InChI is InChI=1S/C15H20N2O/c1-17-10-9-14(15(17)18)16-13-8-4-6-11-5-2-3-7-12(11)13/h2-3,5,7,13-14,16H,4,6,8-10H2,1H3. The Hall–Kier alpha value is -1.35. The summed E-state index contributed by atoms with van der Waals surface area (Å²) < 4.78 is 0. The van der Waals surface area contributed by atoms with Gasteiger partial charge in [0.25, 0.3) is 0 Å². The molecule has 2 unspecified atom stereocenters. The van der Waals surface area contributed by atoms with Crippen molar-refractivity contribution in [2.24, 2.45) is 0 Å². The number of carbonyl (C=O) groups excluding carboxylic acids is 1. The summed E-state index contributed by atoms with van der Waals surface area (Å²) in [6.45, 7) is 0.880. The van der Waals surface area contributed by atoms with Gasteiger partial charge in [0.05, 0.1) is 6.04 Å². The van der Waals surface area contributed by atoms with Crippen LogP contribution in [0.5, 0.6) is 0 Å². The van der Waals surface area contributed by atoms with E-state index in [0.29, 0.717) is 6.04 Å². The van der Waals surface area contributed by atoms with Crippen molar-refractivity contribution in [3.8, 4) is 0 Å². The highest BCUT2D eigenvalue weighted by molar-refractivity contribution is 5.83. The van der Waals surface area contributed by atoms with Crippen LogP contribution in [-0.2, 0) is 11.2 Å². The Balaban J connectivity index is 1.77. The van der Waals surface area contributed by atoms with Crippen LogP contribution in [0.2, 0.25) is 0 Å². The quantitative estimate of drug-likeness (QED) is 0.861. The van der Waals surface area contributed by atoms with Crippen LogP contribution in [0.15, 0.2) is 24.3 Å². The van der Waals surface area contributed by atoms with E-state index >= 15 is 0 Å². The number of hydrogen-bond donors (Lipinski definition) is 1. The van der Waals surface area contributed by atoms with Gasteiger partial charge in [-0.3, -0.25) is 10.1 Å². The van der Waals surface area contributed by atoms with Crippen LogP contribution < -0.4 is 5.32 Å². The number of likely N-dealkylation sites (tertiary alicyclic amines) is 1. The van der Waals surface area contributed by atoms with E-state index in [2.05, 4.69) is 29.6 Å². The molecule has 3 nitrogen and oxygen atoms in total. The van der Waals surface area contributed by atoms with E-state index in [0.717, 1.165) is 19.4 Å². The highest BCUT2D eigenvalue weighted by atomic mass is 16.2. The van der Waals surface area contributed by atoms with E-state index in [1.54, 1.807) is 0 Å². The van der Waals surface area contributed by atoms with Crippen LogP contribution >= 0.6 is 0 Å². The van der Waals surface area contributed by atoms with Crippen molar-refractivity contribution in [1.82, 2.24) is 10.2 Å². The number of likely N-dealkylation sites (N-methyl/N-ethyl adjacent to an activating group) is 1. The highest BCUT2D eigenvalue weighted by Gasteiger charge is 2.32. The summed E-state index contributed by atoms with van der Waals surface area (Å²) in [7, 11) is 1.89. The van der Waals surface area contributed by atoms with Gasteiger partial charge in [0.15, 0.2) is 0 Å². The average molecular weight is 244 g/mol. The van der Waals surface area contributed by atoms with Crippen LogP contribution in [-0.4, -0.2) is 30.4 Å². The molecule has 3 heteroatoms. The molecule has 1 heterocycles. The Labute approximate surface area is 108 Å². The van der Waals surface area contributed by atoms with Crippen molar-refractivity contribution in [2.75, 3.05) is 13.6 Å². The molecule has 0 radical (unpaired) electrons. The molecule has 0 saturated carbocycles. The molecular weight excluding hydrogens is 224 g/mol. The smallest absolute Gasteiger partial charge is 0.239 e. The molecule has 18 heavy (non-hydrogen) atoms. The molecule has 1 aliphatic heterocycles. The van der Waals surface area contributed by atoms with Gasteiger partial charge in [-0.1, -0.05) is 24.3 Å². The van der Waals surface area contributed by atoms with Crippen molar-refractivity contribution in [2.45, 2.75) is 37.8 Å². The number of benzene rings is 1. The van der Waals surface area contributed by atoms with E-state index in [9.17, 15) is 4.79 Å². The first-order valence-corrected chi connectivity index (χ1v) is 6.84. The van der Waals surface area contributed by atoms with Gasteiger partial charge in [-0.15, -0.1) is 0 Å². The van der Waals surface area contributed by atoms with Gasteiger partial charge in [0.1, 0.15) is 0 Å². The third-order valence-electron chi connectivity index (χ3n) is 4.20. The van der Waals surface area contributed by atoms with Crippen molar-refractivity contribution in [3.05, 3.63) is 35.4 Å². The van der Waals surface area contributed by atoms with Gasteiger partial charge in [0.2, 0.25) is 5.91 Å². The SMILES string of the molecule is CN1CCC(NC2CCCc3ccccc32)C1=O. The fourth-order valence-corrected chi connectivity index (χ4v) is 3.15. The minimum Gasteiger partial charge on any atom is -0.344 e. The predicted molar refractivity (Wildman–Crippen MR) is 71.3 cm³/mol. The van der Waals surface area contributed by atoms with Crippen LogP contribution in [0.4, 0.5) is 0 Å². The van der Waals surface area contributed by atoms with Crippen LogP contribution in [0.25, 0.3) is 0 Å². The second-order valence-electron chi connectivity index (χ2n) is 5.41. The number of carbonyl (C=O) groups is 1. The molecule has 1 aromatic carbocycles. The number of amides is 1. The first-order chi connectivity index (χ1) is 8.75. The Morgan fingerprint density at radius 1 is 1.22 bits per heavy atom. The molecule has 0 spiro atoms. The molecule has 1 fully saturated rings. The molecule has 1 amide bonds. The van der Waals surface area contributed by atoms with Gasteiger partial charge < -0.3 is 4.90 Å². The third kappa shape index (κ3) is 2.03. The second-order valence-corrected chi connectivity index (χ2v) is 5.41. The zero-order chi connectivity index (χ0) is 12.5. The highest BCUT2D eigenvalue weighted by Crippen LogP contribution is 2.30. The molecule has 2 aliphatic rings. The summed E-state index contributed by atoms with van der Waals surface area (Å²) in [5.74, 6) is 0.248. The van der Waals surface area contributed by atoms with E-state index in [-0.39, 0.29) is 11.9 Å². The summed E-state index contributed by atoms with van der Waals surface area (Å²) >= 11 is 0. The molecule has 96 valence electrons. The molecule has 1 aromatic rings. The Morgan fingerprint density at radius 3 is 2.83 bits per heavy atom. The molecule has 1 aliphatic carbocycles. The molecule has 1 saturated heterocycles. The largest absolute Gasteiger partial charge is 0.344 e. The average Bonchev–Trinajstić information content (AvgIpc) is 2.71. The normalized spacial score (nSPS) is 27.4. The summed E-state index contributed by atoms with van der Waals surface area (Å²) in [6, 6.07) is 9.00. The van der Waals surface area contributed by atoms with Gasteiger partial charge in [-0.25, -0.2) is 0 Å². The number of nitrogens with zero attached hydrogens (tertiary/aromatic N) is 1. The molecule has 1 N–H and O–H groups in total. The van der Waals surface area contributed by atoms with Crippen molar-refractivity contribution < 1.29 is 4.79 Å². The summed E-state index contributed by atoms with van der Waals surface area (Å²) in [5.41, 5.74) is 2.84. The number of aryl methyl sites for hydroxylation is 1. The maximum absolute atomic E-state index is 12.0. The lowest BCUT2D eigenvalue weighted by molar-refractivity contribution is -0.128. The third-order valence-corrected chi connectivity index (χ3v) is 4.20. The Kier molecular flexibility index (Phi) is 3.08. The maximum atomic E-state index is 12.0. The summed E-state index contributed by atoms with van der Waals surface area (Å²) in [6.07, 6.45) is 4.47. The Morgan fingerprint density at radius 2 is 2.06 bits per heavy atom. The minimum absolute atomic E-state index is 0.0196. The lowest BCUT2D eigenvalue weighted by Gasteiger charge is -2.28. The van der Waals surface area contributed by atoms with Gasteiger partial charge in [-0.2, -0.15) is 0 Å². The number of rotatable bonds is 2. The molecular formula is C15H20N2O. The van der Waals surface area contributed by atoms with E-state index in [1.807, 2.05) is 11.9 Å². The predicted octanol–water partition coefficient (Wildman–Crippen LogP) is 1.88. The van der Waals surface area contributed by atoms with E-state index in [4.69, 9.17) is 0 Å². The Bertz CT molecular complexity index is 458. The van der Waals surface area contributed by atoms with Crippen molar-refractivity contribution in [3.63, 3.8) is 0 Å². The molecule has 0 aromatic heterocycles. The number of hydrogen-bond acceptors (Lipinski definition) is 2. The van der Waals surface area contributed by atoms with Gasteiger partial charge in [-0.05, 0) is 36.8 Å². The van der Waals surface area contributed by atoms with Crippen molar-refractivity contribution in [1.29, 1.82) is 0 Å². The summed E-state index contributed by atoms with van der Waals surface area (Å²) in [4.78, 5) is 13.8. The molecule has 0 bridgehead atoms. The zero-order valence-electron chi connectivity index (χ0n) is 10.9. The van der Waals surface area contributed by atoms with E-state index in [1.165, 1.54) is 24.0 Å². The maximum Gasteiger partial charge on any atom is 0.239 e. The summed E-state index contributed by atoms with van der Waals surface area (Å²) in [5, 5.41) is 3.56. The monoisotopic (exact) mass is 244 g/mol. The van der Waals surface area contributed by atoms with Gasteiger partial charge in [0, 0.05) is 19.6 Å². The van der Waals surface area contributed by atoms with Crippen LogP contribution in [0.3, 0.4) is 0 Å².